The number of methoxy groups -OCH3 is 1. The summed E-state index contributed by atoms with van der Waals surface area (Å²) < 4.78 is 5.24. The predicted molar refractivity (Wildman–Crippen MR) is 104 cm³/mol. The van der Waals surface area contributed by atoms with Gasteiger partial charge in [0, 0.05) is 0 Å². The Hall–Kier alpha value is -2.02. The molecule has 0 atom stereocenters. The maximum absolute atomic E-state index is 5.24. The zero-order valence-electron chi connectivity index (χ0n) is 15.6. The van der Waals surface area contributed by atoms with Crippen LogP contribution in [-0.2, 0) is 11.8 Å². The Balaban J connectivity index is 2.00. The summed E-state index contributed by atoms with van der Waals surface area (Å²) in [6.07, 6.45) is 6.08. The molecular weight excluding hydrogens is 292 g/mol. The molecule has 0 heterocycles. The van der Waals surface area contributed by atoms with Gasteiger partial charge in [-0.15, -0.1) is 0 Å². The largest absolute Gasteiger partial charge is 0.497 e. The van der Waals surface area contributed by atoms with Gasteiger partial charge in [-0.2, -0.15) is 0 Å². The van der Waals surface area contributed by atoms with Crippen molar-refractivity contribution in [3.63, 3.8) is 0 Å². The molecule has 0 bridgehead atoms. The molecule has 2 aromatic rings. The van der Waals surface area contributed by atoms with Crippen LogP contribution in [0.25, 0.3) is 11.6 Å². The molecule has 0 amide bonds. The Morgan fingerprint density at radius 1 is 1.12 bits per heavy atom. The second-order valence-corrected chi connectivity index (χ2v) is 7.66. The van der Waals surface area contributed by atoms with Crippen LogP contribution in [0.1, 0.15) is 61.4 Å². The van der Waals surface area contributed by atoms with Crippen molar-refractivity contribution < 1.29 is 4.74 Å². The van der Waals surface area contributed by atoms with E-state index < -0.39 is 0 Å². The van der Waals surface area contributed by atoms with Crippen molar-refractivity contribution in [2.24, 2.45) is 0 Å². The third-order valence-corrected chi connectivity index (χ3v) is 5.35. The van der Waals surface area contributed by atoms with Gasteiger partial charge in [-0.25, -0.2) is 0 Å². The molecule has 0 saturated heterocycles. The highest BCUT2D eigenvalue weighted by Gasteiger charge is 2.28. The van der Waals surface area contributed by atoms with Crippen LogP contribution in [-0.4, -0.2) is 7.11 Å². The first-order valence-electron chi connectivity index (χ1n) is 8.87. The van der Waals surface area contributed by atoms with Crippen LogP contribution in [0, 0.1) is 6.92 Å². The fraction of sp³-hybridized carbons (Fsp3) is 0.391. The normalized spacial score (nSPS) is 16.6. The van der Waals surface area contributed by atoms with Gasteiger partial charge in [-0.1, -0.05) is 44.2 Å². The lowest BCUT2D eigenvalue weighted by Gasteiger charge is -2.33. The van der Waals surface area contributed by atoms with Gasteiger partial charge in [0.1, 0.15) is 5.75 Å². The monoisotopic (exact) mass is 320 g/mol. The van der Waals surface area contributed by atoms with Crippen molar-refractivity contribution in [2.45, 2.75) is 52.4 Å². The SMILES string of the molecule is COc1ccc(/C=C(\C)c2cc3c(cc2C)CCCC3(C)C)cc1. The minimum atomic E-state index is 0.288. The Morgan fingerprint density at radius 2 is 1.83 bits per heavy atom. The lowest BCUT2D eigenvalue weighted by molar-refractivity contribution is 0.415. The third-order valence-electron chi connectivity index (χ3n) is 5.35. The van der Waals surface area contributed by atoms with Crippen LogP contribution < -0.4 is 4.74 Å². The molecule has 126 valence electrons. The summed E-state index contributed by atoms with van der Waals surface area (Å²) >= 11 is 0. The van der Waals surface area contributed by atoms with Crippen LogP contribution in [0.3, 0.4) is 0 Å². The number of aryl methyl sites for hydroxylation is 2. The lowest BCUT2D eigenvalue weighted by atomic mass is 9.71. The van der Waals surface area contributed by atoms with E-state index in [2.05, 4.69) is 58.0 Å². The average molecular weight is 320 g/mol. The van der Waals surface area contributed by atoms with Crippen LogP contribution in [0.15, 0.2) is 36.4 Å². The van der Waals surface area contributed by atoms with Crippen molar-refractivity contribution in [3.8, 4) is 5.75 Å². The molecule has 2 aromatic carbocycles. The molecule has 24 heavy (non-hydrogen) atoms. The van der Waals surface area contributed by atoms with E-state index in [1.807, 2.05) is 12.1 Å². The van der Waals surface area contributed by atoms with E-state index in [4.69, 9.17) is 4.74 Å². The number of allylic oxidation sites excluding steroid dienone is 1. The second-order valence-electron chi connectivity index (χ2n) is 7.66. The molecule has 0 aromatic heterocycles. The van der Waals surface area contributed by atoms with E-state index in [0.29, 0.717) is 0 Å². The molecule has 1 heteroatoms. The van der Waals surface area contributed by atoms with Crippen molar-refractivity contribution in [1.29, 1.82) is 0 Å². The van der Waals surface area contributed by atoms with Crippen molar-refractivity contribution in [3.05, 3.63) is 64.2 Å². The zero-order valence-corrected chi connectivity index (χ0v) is 15.6. The summed E-state index contributed by atoms with van der Waals surface area (Å²) in [5.74, 6) is 0.900. The first-order valence-corrected chi connectivity index (χ1v) is 8.87. The van der Waals surface area contributed by atoms with Gasteiger partial charge in [0.2, 0.25) is 0 Å². The molecule has 0 radical (unpaired) electrons. The molecule has 1 aliphatic rings. The number of ether oxygens (including phenoxy) is 1. The number of hydrogen-bond donors (Lipinski definition) is 0. The third kappa shape index (κ3) is 3.26. The van der Waals surface area contributed by atoms with Gasteiger partial charge in [-0.3, -0.25) is 0 Å². The highest BCUT2D eigenvalue weighted by Crippen LogP contribution is 2.39. The van der Waals surface area contributed by atoms with Crippen molar-refractivity contribution in [1.82, 2.24) is 0 Å². The van der Waals surface area contributed by atoms with E-state index in [9.17, 15) is 0 Å². The number of rotatable bonds is 3. The minimum Gasteiger partial charge on any atom is -0.497 e. The summed E-state index contributed by atoms with van der Waals surface area (Å²) in [7, 11) is 1.70. The summed E-state index contributed by atoms with van der Waals surface area (Å²) in [4.78, 5) is 0. The van der Waals surface area contributed by atoms with Gasteiger partial charge in [0.25, 0.3) is 0 Å². The minimum absolute atomic E-state index is 0.288. The highest BCUT2D eigenvalue weighted by molar-refractivity contribution is 5.82. The molecular formula is C23H28O. The van der Waals surface area contributed by atoms with Crippen LogP contribution in [0.4, 0.5) is 0 Å². The van der Waals surface area contributed by atoms with E-state index >= 15 is 0 Å². The quantitative estimate of drug-likeness (QED) is 0.614. The highest BCUT2D eigenvalue weighted by atomic mass is 16.5. The standard InChI is InChI=1S/C23H28O/c1-16(13-18-8-10-20(24-5)11-9-18)21-15-22-19(14-17(21)2)7-6-12-23(22,3)4/h8-11,13-15H,6-7,12H2,1-5H3/b16-13+. The molecule has 0 aliphatic heterocycles. The predicted octanol–water partition coefficient (Wildman–Crippen LogP) is 6.18. The fourth-order valence-electron chi connectivity index (χ4n) is 3.91. The van der Waals surface area contributed by atoms with Gasteiger partial charge in [-0.05, 0) is 84.0 Å². The summed E-state index contributed by atoms with van der Waals surface area (Å²) in [6, 6.07) is 13.1. The van der Waals surface area contributed by atoms with Crippen molar-refractivity contribution >= 4 is 11.6 Å². The van der Waals surface area contributed by atoms with Crippen LogP contribution >= 0.6 is 0 Å². The summed E-state index contributed by atoms with van der Waals surface area (Å²) in [5, 5.41) is 0. The number of fused-ring (bicyclic) bond motifs is 1. The van der Waals surface area contributed by atoms with Crippen LogP contribution in [0.2, 0.25) is 0 Å². The smallest absolute Gasteiger partial charge is 0.118 e. The average Bonchev–Trinajstić information content (AvgIpc) is 2.54. The van der Waals surface area contributed by atoms with Crippen molar-refractivity contribution in [2.75, 3.05) is 7.11 Å². The Labute approximate surface area is 146 Å². The maximum Gasteiger partial charge on any atom is 0.118 e. The Bertz CT molecular complexity index is 763. The van der Waals surface area contributed by atoms with Gasteiger partial charge in [0.05, 0.1) is 7.11 Å². The van der Waals surface area contributed by atoms with Gasteiger partial charge >= 0.3 is 0 Å². The lowest BCUT2D eigenvalue weighted by Crippen LogP contribution is -2.24. The number of benzene rings is 2. The Morgan fingerprint density at radius 3 is 2.50 bits per heavy atom. The molecule has 0 fully saturated rings. The molecule has 0 saturated carbocycles. The summed E-state index contributed by atoms with van der Waals surface area (Å²) in [6.45, 7) is 9.22. The number of hydrogen-bond acceptors (Lipinski definition) is 1. The Kier molecular flexibility index (Phi) is 4.54. The van der Waals surface area contributed by atoms with E-state index in [1.54, 1.807) is 12.7 Å². The molecule has 0 spiro atoms. The fourth-order valence-corrected chi connectivity index (χ4v) is 3.91. The molecule has 0 unspecified atom stereocenters. The molecule has 3 rings (SSSR count). The topological polar surface area (TPSA) is 9.23 Å². The second kappa shape index (κ2) is 6.47. The van der Waals surface area contributed by atoms with E-state index in [1.165, 1.54) is 47.1 Å². The molecule has 0 N–H and O–H groups in total. The molecule has 1 aliphatic carbocycles. The zero-order chi connectivity index (χ0) is 17.3. The van der Waals surface area contributed by atoms with Gasteiger partial charge < -0.3 is 4.74 Å². The van der Waals surface area contributed by atoms with E-state index in [-0.39, 0.29) is 5.41 Å². The summed E-state index contributed by atoms with van der Waals surface area (Å²) in [5.41, 5.74) is 8.66. The maximum atomic E-state index is 5.24. The first-order chi connectivity index (χ1) is 11.4. The van der Waals surface area contributed by atoms with E-state index in [0.717, 1.165) is 5.75 Å². The van der Waals surface area contributed by atoms with Crippen LogP contribution in [0.5, 0.6) is 5.75 Å². The van der Waals surface area contributed by atoms with Gasteiger partial charge in [0.15, 0.2) is 0 Å². The first kappa shape index (κ1) is 16.8. The molecule has 1 nitrogen and oxygen atoms in total.